The standard InChI is InChI=1S/C24H35N5O6S/c1-25-22(31)10-11-23(32)27-20(13-18-7-4-3-5-8-18)21(30)15-29(14-19-9-6-12-35-19)36(33,34)24-16-28(2)17-26-24/h3-5,7-8,16-17,19-21,30H,6,9-15H2,1-2H3,(H,25,31)(H,27,32)/t19-,20+,21-/m1/s1. The zero-order chi connectivity index (χ0) is 26.1. The van der Waals surface area contributed by atoms with Gasteiger partial charge in [0.05, 0.1) is 24.6 Å². The highest BCUT2D eigenvalue weighted by atomic mass is 32.2. The van der Waals surface area contributed by atoms with Crippen LogP contribution < -0.4 is 10.6 Å². The number of benzene rings is 1. The number of hydrogen-bond donors (Lipinski definition) is 3. The van der Waals surface area contributed by atoms with E-state index in [9.17, 15) is 23.1 Å². The maximum atomic E-state index is 13.4. The van der Waals surface area contributed by atoms with Crippen molar-refractivity contribution < 1.29 is 27.9 Å². The van der Waals surface area contributed by atoms with Crippen molar-refractivity contribution in [1.29, 1.82) is 0 Å². The lowest BCUT2D eigenvalue weighted by atomic mass is 10.0. The number of imidazole rings is 1. The number of aliphatic hydroxyl groups is 1. The molecule has 11 nitrogen and oxygen atoms in total. The van der Waals surface area contributed by atoms with Gasteiger partial charge >= 0.3 is 0 Å². The number of aromatic nitrogens is 2. The van der Waals surface area contributed by atoms with Gasteiger partial charge in [0.15, 0.2) is 5.03 Å². The summed E-state index contributed by atoms with van der Waals surface area (Å²) in [5, 5.41) is 16.4. The second-order valence-electron chi connectivity index (χ2n) is 8.94. The van der Waals surface area contributed by atoms with Crippen LogP contribution in [0.4, 0.5) is 0 Å². The average molecular weight is 522 g/mol. The summed E-state index contributed by atoms with van der Waals surface area (Å²) in [7, 11) is -0.858. The molecule has 3 rings (SSSR count). The van der Waals surface area contributed by atoms with E-state index >= 15 is 0 Å². The molecule has 3 atom stereocenters. The molecule has 0 unspecified atom stereocenters. The number of hydrogen-bond acceptors (Lipinski definition) is 7. The van der Waals surface area contributed by atoms with Crippen molar-refractivity contribution in [3.63, 3.8) is 0 Å². The largest absolute Gasteiger partial charge is 0.390 e. The highest BCUT2D eigenvalue weighted by Crippen LogP contribution is 2.20. The maximum Gasteiger partial charge on any atom is 0.262 e. The molecule has 0 spiro atoms. The molecule has 1 saturated heterocycles. The summed E-state index contributed by atoms with van der Waals surface area (Å²) in [5.41, 5.74) is 0.867. The Labute approximate surface area is 211 Å². The maximum absolute atomic E-state index is 13.4. The first-order valence-corrected chi connectivity index (χ1v) is 13.4. The normalized spacial score (nSPS) is 17.6. The van der Waals surface area contributed by atoms with Crippen LogP contribution in [0.15, 0.2) is 47.9 Å². The van der Waals surface area contributed by atoms with E-state index in [1.54, 1.807) is 11.6 Å². The summed E-state index contributed by atoms with van der Waals surface area (Å²) in [6, 6.07) is 8.51. The molecule has 0 aliphatic carbocycles. The van der Waals surface area contributed by atoms with Crippen LogP contribution >= 0.6 is 0 Å². The van der Waals surface area contributed by atoms with Gasteiger partial charge in [-0.25, -0.2) is 13.4 Å². The molecule has 2 heterocycles. The van der Waals surface area contributed by atoms with Crippen molar-refractivity contribution in [2.75, 3.05) is 26.7 Å². The third-order valence-electron chi connectivity index (χ3n) is 6.07. The zero-order valence-electron chi connectivity index (χ0n) is 20.7. The molecule has 0 saturated carbocycles. The molecule has 1 aliphatic heterocycles. The van der Waals surface area contributed by atoms with Gasteiger partial charge in [0.1, 0.15) is 0 Å². The number of sulfonamides is 1. The van der Waals surface area contributed by atoms with Gasteiger partial charge in [0.2, 0.25) is 11.8 Å². The summed E-state index contributed by atoms with van der Waals surface area (Å²) in [6.45, 7) is 0.368. The van der Waals surface area contributed by atoms with E-state index in [-0.39, 0.29) is 49.4 Å². The zero-order valence-corrected chi connectivity index (χ0v) is 21.5. The Morgan fingerprint density at radius 2 is 1.97 bits per heavy atom. The van der Waals surface area contributed by atoms with E-state index in [1.165, 1.54) is 23.9 Å². The molecule has 12 heteroatoms. The van der Waals surface area contributed by atoms with Gasteiger partial charge in [-0.1, -0.05) is 30.3 Å². The average Bonchev–Trinajstić information content (AvgIpc) is 3.54. The smallest absolute Gasteiger partial charge is 0.262 e. The Morgan fingerprint density at radius 3 is 2.58 bits per heavy atom. The van der Waals surface area contributed by atoms with Crippen molar-refractivity contribution in [1.82, 2.24) is 24.5 Å². The first kappa shape index (κ1) is 27.8. The van der Waals surface area contributed by atoms with E-state index in [4.69, 9.17) is 4.74 Å². The van der Waals surface area contributed by atoms with Crippen molar-refractivity contribution >= 4 is 21.8 Å². The second kappa shape index (κ2) is 12.9. The number of nitrogens with zero attached hydrogens (tertiary/aromatic N) is 3. The number of ether oxygens (including phenoxy) is 1. The monoisotopic (exact) mass is 521 g/mol. The SMILES string of the molecule is CNC(=O)CCC(=O)N[C@@H](Cc1ccccc1)[C@H](O)CN(C[C@H]1CCCO1)S(=O)(=O)c1cn(C)cn1. The molecule has 3 N–H and O–H groups in total. The van der Waals surface area contributed by atoms with Gasteiger partial charge in [-0.05, 0) is 24.8 Å². The lowest BCUT2D eigenvalue weighted by Crippen LogP contribution is -2.51. The highest BCUT2D eigenvalue weighted by molar-refractivity contribution is 7.89. The molecule has 0 radical (unpaired) electrons. The molecular weight excluding hydrogens is 486 g/mol. The Hall–Kier alpha value is -2.80. The molecule has 2 aromatic rings. The molecule has 2 amide bonds. The van der Waals surface area contributed by atoms with Gasteiger partial charge in [0, 0.05) is 52.8 Å². The Kier molecular flexibility index (Phi) is 9.99. The van der Waals surface area contributed by atoms with Crippen molar-refractivity contribution in [3.05, 3.63) is 48.4 Å². The molecule has 1 aliphatic rings. The molecule has 0 bridgehead atoms. The number of carbonyl (C=O) groups is 2. The van der Waals surface area contributed by atoms with Crippen LogP contribution in [0, 0.1) is 0 Å². The number of aliphatic hydroxyl groups excluding tert-OH is 1. The molecule has 1 aromatic carbocycles. The quantitative estimate of drug-likeness (QED) is 0.342. The van der Waals surface area contributed by atoms with Crippen LogP contribution in [0.1, 0.15) is 31.2 Å². The van der Waals surface area contributed by atoms with E-state index in [0.717, 1.165) is 12.0 Å². The number of rotatable bonds is 13. The van der Waals surface area contributed by atoms with E-state index < -0.39 is 28.1 Å². The third kappa shape index (κ3) is 7.85. The number of aryl methyl sites for hydroxylation is 1. The third-order valence-corrected chi connectivity index (χ3v) is 7.79. The first-order valence-electron chi connectivity index (χ1n) is 12.0. The predicted octanol–water partition coefficient (Wildman–Crippen LogP) is 0.204. The summed E-state index contributed by atoms with van der Waals surface area (Å²) < 4.78 is 35.3. The predicted molar refractivity (Wildman–Crippen MR) is 132 cm³/mol. The van der Waals surface area contributed by atoms with Gasteiger partial charge in [-0.3, -0.25) is 9.59 Å². The lowest BCUT2D eigenvalue weighted by molar-refractivity contribution is -0.127. The summed E-state index contributed by atoms with van der Waals surface area (Å²) in [6.07, 6.45) is 3.09. The fraction of sp³-hybridized carbons (Fsp3) is 0.542. The number of nitrogens with one attached hydrogen (secondary N) is 2. The Bertz CT molecular complexity index is 1100. The van der Waals surface area contributed by atoms with Crippen molar-refractivity contribution in [2.45, 2.75) is 55.4 Å². The minimum absolute atomic E-state index is 0.00961. The van der Waals surface area contributed by atoms with Gasteiger partial charge in [-0.15, -0.1) is 0 Å². The van der Waals surface area contributed by atoms with Gasteiger partial charge in [0.25, 0.3) is 10.0 Å². The topological polar surface area (TPSA) is 143 Å². The van der Waals surface area contributed by atoms with E-state index in [2.05, 4.69) is 15.6 Å². The fourth-order valence-corrected chi connectivity index (χ4v) is 5.51. The Balaban J connectivity index is 1.80. The van der Waals surface area contributed by atoms with Crippen molar-refractivity contribution in [3.8, 4) is 0 Å². The lowest BCUT2D eigenvalue weighted by Gasteiger charge is -2.30. The summed E-state index contributed by atoms with van der Waals surface area (Å²) in [5.74, 6) is -0.675. The Morgan fingerprint density at radius 1 is 1.25 bits per heavy atom. The number of amides is 2. The minimum Gasteiger partial charge on any atom is -0.390 e. The van der Waals surface area contributed by atoms with E-state index in [0.29, 0.717) is 13.0 Å². The summed E-state index contributed by atoms with van der Waals surface area (Å²) >= 11 is 0. The molecule has 1 aromatic heterocycles. The summed E-state index contributed by atoms with van der Waals surface area (Å²) in [4.78, 5) is 28.1. The molecular formula is C24H35N5O6S. The van der Waals surface area contributed by atoms with Crippen LogP contribution in [-0.4, -0.2) is 84.2 Å². The van der Waals surface area contributed by atoms with Crippen LogP contribution in [-0.2, 0) is 37.8 Å². The molecule has 198 valence electrons. The minimum atomic E-state index is -4.03. The van der Waals surface area contributed by atoms with Crippen LogP contribution in [0.5, 0.6) is 0 Å². The molecule has 1 fully saturated rings. The second-order valence-corrected chi connectivity index (χ2v) is 10.8. The fourth-order valence-electron chi connectivity index (χ4n) is 4.06. The van der Waals surface area contributed by atoms with Gasteiger partial charge in [-0.2, -0.15) is 4.31 Å². The van der Waals surface area contributed by atoms with E-state index in [1.807, 2.05) is 30.3 Å². The van der Waals surface area contributed by atoms with Crippen LogP contribution in [0.25, 0.3) is 0 Å². The van der Waals surface area contributed by atoms with Gasteiger partial charge < -0.3 is 25.0 Å². The van der Waals surface area contributed by atoms with Crippen LogP contribution in [0.3, 0.4) is 0 Å². The highest BCUT2D eigenvalue weighted by Gasteiger charge is 2.34. The van der Waals surface area contributed by atoms with Crippen molar-refractivity contribution in [2.24, 2.45) is 7.05 Å². The van der Waals surface area contributed by atoms with Crippen LogP contribution in [0.2, 0.25) is 0 Å². The first-order chi connectivity index (χ1) is 17.2. The molecule has 36 heavy (non-hydrogen) atoms. The number of carbonyl (C=O) groups excluding carboxylic acids is 2.